The van der Waals surface area contributed by atoms with Gasteiger partial charge in [0, 0.05) is 44.5 Å². The van der Waals surface area contributed by atoms with E-state index in [4.69, 9.17) is 0 Å². The highest BCUT2D eigenvalue weighted by Gasteiger charge is 2.26. The number of rotatable bonds is 5. The van der Waals surface area contributed by atoms with E-state index in [1.807, 2.05) is 36.1 Å². The van der Waals surface area contributed by atoms with Crippen molar-refractivity contribution in [1.29, 1.82) is 0 Å². The minimum atomic E-state index is 0.0240. The highest BCUT2D eigenvalue weighted by molar-refractivity contribution is 5.92. The lowest BCUT2D eigenvalue weighted by atomic mass is 10.0. The van der Waals surface area contributed by atoms with Crippen LogP contribution in [0.25, 0.3) is 0 Å². The van der Waals surface area contributed by atoms with Crippen LogP contribution in [-0.2, 0) is 9.59 Å². The molecule has 0 spiro atoms. The predicted octanol–water partition coefficient (Wildman–Crippen LogP) is 1.95. The fourth-order valence-electron chi connectivity index (χ4n) is 3.96. The summed E-state index contributed by atoms with van der Waals surface area (Å²) in [6.45, 7) is 9.29. The molecule has 1 atom stereocenters. The van der Waals surface area contributed by atoms with Crippen LogP contribution in [0.1, 0.15) is 31.7 Å². The third-order valence-electron chi connectivity index (χ3n) is 5.73. The summed E-state index contributed by atoms with van der Waals surface area (Å²) < 4.78 is 0. The van der Waals surface area contributed by atoms with E-state index in [0.29, 0.717) is 19.1 Å². The molecule has 2 amide bonds. The number of nitrogens with zero attached hydrogens (tertiary/aromatic N) is 3. The first-order chi connectivity index (χ1) is 13.0. The quantitative estimate of drug-likeness (QED) is 0.858. The Kier molecular flexibility index (Phi) is 6.85. The van der Waals surface area contributed by atoms with Crippen LogP contribution < -0.4 is 5.32 Å². The van der Waals surface area contributed by atoms with Gasteiger partial charge in [-0.3, -0.25) is 19.4 Å². The first kappa shape index (κ1) is 19.8. The molecular weight excluding hydrogens is 340 g/mol. The van der Waals surface area contributed by atoms with E-state index < -0.39 is 0 Å². The fourth-order valence-corrected chi connectivity index (χ4v) is 3.96. The molecular formula is C21H32N4O2. The molecule has 2 aliphatic heterocycles. The number of benzene rings is 1. The van der Waals surface area contributed by atoms with Crippen LogP contribution in [-0.4, -0.2) is 78.4 Å². The van der Waals surface area contributed by atoms with Gasteiger partial charge in [-0.05, 0) is 44.7 Å². The second-order valence-corrected chi connectivity index (χ2v) is 7.85. The number of para-hydroxylation sites is 1. The van der Waals surface area contributed by atoms with Crippen molar-refractivity contribution in [3.05, 3.63) is 29.8 Å². The maximum atomic E-state index is 12.6. The van der Waals surface area contributed by atoms with Gasteiger partial charge in [0.2, 0.25) is 11.8 Å². The van der Waals surface area contributed by atoms with Crippen molar-refractivity contribution in [2.45, 2.75) is 39.2 Å². The number of piperazine rings is 1. The number of amides is 2. The van der Waals surface area contributed by atoms with E-state index in [1.165, 1.54) is 6.42 Å². The topological polar surface area (TPSA) is 55.9 Å². The van der Waals surface area contributed by atoms with Gasteiger partial charge in [-0.25, -0.2) is 0 Å². The van der Waals surface area contributed by atoms with Crippen LogP contribution in [0.5, 0.6) is 0 Å². The lowest BCUT2D eigenvalue weighted by molar-refractivity contribution is -0.136. The molecule has 1 aromatic rings. The molecule has 6 nitrogen and oxygen atoms in total. The molecule has 148 valence electrons. The molecule has 2 fully saturated rings. The predicted molar refractivity (Wildman–Crippen MR) is 108 cm³/mol. The smallest absolute Gasteiger partial charge is 0.238 e. The van der Waals surface area contributed by atoms with Gasteiger partial charge >= 0.3 is 0 Å². The molecule has 2 heterocycles. The van der Waals surface area contributed by atoms with Crippen LogP contribution in [0.15, 0.2) is 24.3 Å². The molecule has 6 heteroatoms. The summed E-state index contributed by atoms with van der Waals surface area (Å²) in [5.74, 6) is 0.281. The maximum absolute atomic E-state index is 12.6. The van der Waals surface area contributed by atoms with Crippen molar-refractivity contribution in [2.75, 3.05) is 51.1 Å². The van der Waals surface area contributed by atoms with Gasteiger partial charge in [-0.2, -0.15) is 0 Å². The Morgan fingerprint density at radius 1 is 1.00 bits per heavy atom. The van der Waals surface area contributed by atoms with E-state index in [1.54, 1.807) is 0 Å². The minimum Gasteiger partial charge on any atom is -0.339 e. The maximum Gasteiger partial charge on any atom is 0.238 e. The summed E-state index contributed by atoms with van der Waals surface area (Å²) in [6.07, 6.45) is 3.48. The number of likely N-dealkylation sites (tertiary alicyclic amines) is 1. The van der Waals surface area contributed by atoms with Gasteiger partial charge in [0.25, 0.3) is 0 Å². The SMILES string of the molecule is Cc1ccccc1NC(=O)CN1CCN(CC(=O)N2CCCC[C@@H]2C)CC1. The summed E-state index contributed by atoms with van der Waals surface area (Å²) in [5.41, 5.74) is 1.95. The van der Waals surface area contributed by atoms with Crippen LogP contribution in [0.2, 0.25) is 0 Å². The second kappa shape index (κ2) is 9.33. The normalized spacial score (nSPS) is 21.9. The number of carbonyl (C=O) groups excluding carboxylic acids is 2. The summed E-state index contributed by atoms with van der Waals surface area (Å²) in [6, 6.07) is 8.20. The molecule has 0 unspecified atom stereocenters. The molecule has 0 bridgehead atoms. The lowest BCUT2D eigenvalue weighted by Crippen LogP contribution is -2.53. The van der Waals surface area contributed by atoms with Crippen molar-refractivity contribution in [2.24, 2.45) is 0 Å². The first-order valence-corrected chi connectivity index (χ1v) is 10.1. The Balaban J connectivity index is 1.40. The zero-order valence-electron chi connectivity index (χ0n) is 16.6. The molecule has 0 aromatic heterocycles. The number of piperidine rings is 1. The highest BCUT2D eigenvalue weighted by atomic mass is 16.2. The summed E-state index contributed by atoms with van der Waals surface area (Å²) >= 11 is 0. The molecule has 3 rings (SSSR count). The number of nitrogens with one attached hydrogen (secondary N) is 1. The Hall–Kier alpha value is -1.92. The van der Waals surface area contributed by atoms with Crippen LogP contribution in [0.3, 0.4) is 0 Å². The van der Waals surface area contributed by atoms with Crippen molar-refractivity contribution in [3.63, 3.8) is 0 Å². The van der Waals surface area contributed by atoms with Crippen molar-refractivity contribution < 1.29 is 9.59 Å². The molecule has 2 aliphatic rings. The monoisotopic (exact) mass is 372 g/mol. The van der Waals surface area contributed by atoms with Gasteiger partial charge in [0.05, 0.1) is 13.1 Å². The van der Waals surface area contributed by atoms with Crippen molar-refractivity contribution in [1.82, 2.24) is 14.7 Å². The van der Waals surface area contributed by atoms with Crippen LogP contribution in [0.4, 0.5) is 5.69 Å². The zero-order valence-corrected chi connectivity index (χ0v) is 16.6. The summed E-state index contributed by atoms with van der Waals surface area (Å²) in [4.78, 5) is 31.3. The van der Waals surface area contributed by atoms with Gasteiger partial charge in [0.15, 0.2) is 0 Å². The van der Waals surface area contributed by atoms with Gasteiger partial charge < -0.3 is 10.2 Å². The van der Waals surface area contributed by atoms with Gasteiger partial charge in [0.1, 0.15) is 0 Å². The molecule has 27 heavy (non-hydrogen) atoms. The summed E-state index contributed by atoms with van der Waals surface area (Å²) in [7, 11) is 0. The minimum absolute atomic E-state index is 0.0240. The standard InChI is InChI=1S/C21H32N4O2/c1-17-7-3-4-9-19(17)22-20(26)15-23-11-13-24(14-12-23)16-21(27)25-10-6-5-8-18(25)2/h3-4,7,9,18H,5-6,8,10-16H2,1-2H3,(H,22,26)/t18-/m0/s1. The van der Waals surface area contributed by atoms with Crippen LogP contribution in [0, 0.1) is 6.92 Å². The highest BCUT2D eigenvalue weighted by Crippen LogP contribution is 2.17. The van der Waals surface area contributed by atoms with Crippen molar-refractivity contribution in [3.8, 4) is 0 Å². The molecule has 0 aliphatic carbocycles. The number of carbonyl (C=O) groups is 2. The molecule has 1 aromatic carbocycles. The Bertz CT molecular complexity index is 655. The third kappa shape index (κ3) is 5.53. The average molecular weight is 373 g/mol. The van der Waals surface area contributed by atoms with Gasteiger partial charge in [-0.1, -0.05) is 18.2 Å². The Labute approximate surface area is 162 Å². The summed E-state index contributed by atoms with van der Waals surface area (Å²) in [5, 5.41) is 2.99. The first-order valence-electron chi connectivity index (χ1n) is 10.1. The Morgan fingerprint density at radius 3 is 2.33 bits per heavy atom. The number of anilines is 1. The third-order valence-corrected chi connectivity index (χ3v) is 5.73. The average Bonchev–Trinajstić information content (AvgIpc) is 2.65. The number of hydrogen-bond acceptors (Lipinski definition) is 4. The van der Waals surface area contributed by atoms with E-state index >= 15 is 0 Å². The number of aryl methyl sites for hydroxylation is 1. The second-order valence-electron chi connectivity index (χ2n) is 7.85. The van der Waals surface area contributed by atoms with E-state index in [2.05, 4.69) is 22.0 Å². The van der Waals surface area contributed by atoms with Gasteiger partial charge in [-0.15, -0.1) is 0 Å². The fraction of sp³-hybridized carbons (Fsp3) is 0.619. The molecule has 1 N–H and O–H groups in total. The van der Waals surface area contributed by atoms with E-state index in [0.717, 1.165) is 56.8 Å². The number of hydrogen-bond donors (Lipinski definition) is 1. The van der Waals surface area contributed by atoms with Crippen molar-refractivity contribution >= 4 is 17.5 Å². The van der Waals surface area contributed by atoms with E-state index in [9.17, 15) is 9.59 Å². The zero-order chi connectivity index (χ0) is 19.2. The van der Waals surface area contributed by atoms with E-state index in [-0.39, 0.29) is 11.8 Å². The molecule has 2 saturated heterocycles. The largest absolute Gasteiger partial charge is 0.339 e. The molecule has 0 radical (unpaired) electrons. The lowest BCUT2D eigenvalue weighted by Gasteiger charge is -2.37. The molecule has 0 saturated carbocycles. The van der Waals surface area contributed by atoms with Crippen LogP contribution >= 0.6 is 0 Å². The Morgan fingerprint density at radius 2 is 1.67 bits per heavy atom.